The van der Waals surface area contributed by atoms with Gasteiger partial charge in [-0.25, -0.2) is 12.4 Å². The van der Waals surface area contributed by atoms with Crippen LogP contribution in [0.5, 0.6) is 5.75 Å². The molecule has 7 heteroatoms. The number of hydrogen-bond acceptors (Lipinski definition) is 3. The lowest BCUT2D eigenvalue weighted by Gasteiger charge is -2.15. The van der Waals surface area contributed by atoms with Gasteiger partial charge in [-0.3, -0.25) is 0 Å². The first-order valence-electron chi connectivity index (χ1n) is 8.28. The molecule has 0 aliphatic rings. The minimum atomic E-state index is -4.05. The van der Waals surface area contributed by atoms with Crippen LogP contribution in [-0.4, -0.2) is 27.6 Å². The Balaban J connectivity index is 2.40. The van der Waals surface area contributed by atoms with Crippen LogP contribution in [0.4, 0.5) is 4.39 Å². The fourth-order valence-corrected chi connectivity index (χ4v) is 6.33. The number of ether oxygens (including phenoxy) is 1. The molecule has 0 saturated heterocycles. The van der Waals surface area contributed by atoms with Crippen LogP contribution in [0.1, 0.15) is 5.56 Å². The smallest absolute Gasteiger partial charge is 0.270 e. The van der Waals surface area contributed by atoms with E-state index in [1.165, 1.54) is 19.2 Å². The molecule has 1 aromatic heterocycles. The molecule has 0 saturated carbocycles. The second-order valence-corrected chi connectivity index (χ2v) is 14.2. The summed E-state index contributed by atoms with van der Waals surface area (Å²) in [6.45, 7) is 7.85. The highest BCUT2D eigenvalue weighted by molar-refractivity contribution is 7.90. The first-order valence-corrected chi connectivity index (χ1v) is 13.2. The topological polar surface area (TPSA) is 48.3 Å². The van der Waals surface area contributed by atoms with Gasteiger partial charge in [-0.05, 0) is 37.3 Å². The zero-order valence-corrected chi connectivity index (χ0v) is 17.3. The second-order valence-electron chi connectivity index (χ2n) is 7.38. The van der Waals surface area contributed by atoms with Gasteiger partial charge < -0.3 is 4.74 Å². The van der Waals surface area contributed by atoms with E-state index in [9.17, 15) is 8.42 Å². The van der Waals surface area contributed by atoms with Crippen molar-refractivity contribution in [3.05, 3.63) is 54.0 Å². The molecular formula is C19H22FNO3SSi. The van der Waals surface area contributed by atoms with Crippen molar-refractivity contribution in [2.75, 3.05) is 7.11 Å². The Morgan fingerprint density at radius 1 is 1.04 bits per heavy atom. The summed E-state index contributed by atoms with van der Waals surface area (Å²) in [6.07, 6.45) is 0. The molecule has 3 rings (SSSR count). The number of aryl methyl sites for hydroxylation is 1. The van der Waals surface area contributed by atoms with E-state index in [2.05, 4.69) is 0 Å². The van der Waals surface area contributed by atoms with Gasteiger partial charge in [0.1, 0.15) is 5.75 Å². The van der Waals surface area contributed by atoms with E-state index in [-0.39, 0.29) is 4.90 Å². The molecule has 0 bridgehead atoms. The summed E-state index contributed by atoms with van der Waals surface area (Å²) >= 11 is 0. The third-order valence-corrected chi connectivity index (χ3v) is 8.07. The number of hydrogen-bond donors (Lipinski definition) is 0. The number of benzene rings is 2. The van der Waals surface area contributed by atoms with Gasteiger partial charge in [0.15, 0.2) is 0 Å². The van der Waals surface area contributed by atoms with Crippen LogP contribution >= 0.6 is 0 Å². The van der Waals surface area contributed by atoms with Gasteiger partial charge in [-0.1, -0.05) is 37.3 Å². The van der Waals surface area contributed by atoms with E-state index in [0.29, 0.717) is 21.8 Å². The number of fused-ring (bicyclic) bond motifs is 1. The standard InChI is InChI=1S/C19H22FNO3SSi/c1-13-6-9-15(10-7-13)25(22,23)21-17-11-8-14(24-2)12-16(17)18(19(21)20)26(3,4)5/h6-12H,1-5H3. The number of methoxy groups -OCH3 is 1. The summed E-state index contributed by atoms with van der Waals surface area (Å²) in [4.78, 5) is 0.0665. The highest BCUT2D eigenvalue weighted by atomic mass is 32.2. The maximum atomic E-state index is 15.5. The molecule has 4 nitrogen and oxygen atoms in total. The average Bonchev–Trinajstić information content (AvgIpc) is 2.86. The number of nitrogens with zero attached hydrogens (tertiary/aromatic N) is 1. The van der Waals surface area contributed by atoms with Crippen molar-refractivity contribution in [2.45, 2.75) is 31.5 Å². The number of aromatic nitrogens is 1. The van der Waals surface area contributed by atoms with Crippen LogP contribution in [0, 0.1) is 12.9 Å². The summed E-state index contributed by atoms with van der Waals surface area (Å²) < 4.78 is 47.9. The van der Waals surface area contributed by atoms with Crippen molar-refractivity contribution >= 4 is 34.2 Å². The Morgan fingerprint density at radius 3 is 2.19 bits per heavy atom. The summed E-state index contributed by atoms with van der Waals surface area (Å²) in [6, 6.07) is 11.4. The molecule has 0 N–H and O–H groups in total. The van der Waals surface area contributed by atoms with Gasteiger partial charge in [0.2, 0.25) is 5.95 Å². The van der Waals surface area contributed by atoms with Crippen molar-refractivity contribution in [1.82, 2.24) is 3.97 Å². The third-order valence-electron chi connectivity index (χ3n) is 4.39. The first-order chi connectivity index (χ1) is 12.1. The molecule has 0 aliphatic carbocycles. The highest BCUT2D eigenvalue weighted by Crippen LogP contribution is 2.29. The van der Waals surface area contributed by atoms with Crippen molar-refractivity contribution < 1.29 is 17.5 Å². The van der Waals surface area contributed by atoms with Gasteiger partial charge in [0.05, 0.1) is 25.6 Å². The van der Waals surface area contributed by atoms with Crippen LogP contribution in [0.25, 0.3) is 10.9 Å². The quantitative estimate of drug-likeness (QED) is 0.634. The maximum Gasteiger partial charge on any atom is 0.270 e. The van der Waals surface area contributed by atoms with Crippen LogP contribution in [0.2, 0.25) is 19.6 Å². The molecule has 138 valence electrons. The molecule has 2 aromatic carbocycles. The van der Waals surface area contributed by atoms with E-state index < -0.39 is 24.0 Å². The molecule has 0 radical (unpaired) electrons. The van der Waals surface area contributed by atoms with Crippen LogP contribution < -0.4 is 9.92 Å². The Hall–Kier alpha value is -2.12. The number of halogens is 1. The van der Waals surface area contributed by atoms with E-state index in [1.807, 2.05) is 26.6 Å². The fourth-order valence-electron chi connectivity index (χ4n) is 3.10. The van der Waals surface area contributed by atoms with Gasteiger partial charge in [0.25, 0.3) is 10.0 Å². The molecule has 0 unspecified atom stereocenters. The molecule has 0 fully saturated rings. The lowest BCUT2D eigenvalue weighted by Crippen LogP contribution is -2.40. The van der Waals surface area contributed by atoms with E-state index in [1.54, 1.807) is 30.3 Å². The van der Waals surface area contributed by atoms with E-state index >= 15 is 4.39 Å². The summed E-state index contributed by atoms with van der Waals surface area (Å²) in [5.41, 5.74) is 1.27. The first kappa shape index (κ1) is 18.7. The predicted molar refractivity (Wildman–Crippen MR) is 105 cm³/mol. The zero-order valence-electron chi connectivity index (χ0n) is 15.5. The Labute approximate surface area is 154 Å². The Bertz CT molecular complexity index is 1080. The fraction of sp³-hybridized carbons (Fsp3) is 0.263. The maximum absolute atomic E-state index is 15.5. The van der Waals surface area contributed by atoms with Crippen molar-refractivity contribution in [1.29, 1.82) is 0 Å². The van der Waals surface area contributed by atoms with Crippen molar-refractivity contribution in [3.63, 3.8) is 0 Å². The van der Waals surface area contributed by atoms with Gasteiger partial charge >= 0.3 is 0 Å². The minimum absolute atomic E-state index is 0.0665. The molecule has 1 heterocycles. The minimum Gasteiger partial charge on any atom is -0.497 e. The molecule has 0 spiro atoms. The van der Waals surface area contributed by atoms with Crippen LogP contribution in [0.15, 0.2) is 47.4 Å². The third kappa shape index (κ3) is 2.95. The summed E-state index contributed by atoms with van der Waals surface area (Å²) in [5, 5.41) is 1.08. The van der Waals surface area contributed by atoms with E-state index in [0.717, 1.165) is 9.54 Å². The van der Waals surface area contributed by atoms with Crippen LogP contribution in [0.3, 0.4) is 0 Å². The molecular weight excluding hydrogens is 369 g/mol. The monoisotopic (exact) mass is 391 g/mol. The highest BCUT2D eigenvalue weighted by Gasteiger charge is 2.33. The number of rotatable bonds is 4. The summed E-state index contributed by atoms with van der Waals surface area (Å²) in [5.74, 6) is -0.130. The van der Waals surface area contributed by atoms with Crippen LogP contribution in [-0.2, 0) is 10.0 Å². The van der Waals surface area contributed by atoms with Crippen molar-refractivity contribution in [3.8, 4) is 5.75 Å². The van der Waals surface area contributed by atoms with Gasteiger partial charge in [-0.2, -0.15) is 4.39 Å². The average molecular weight is 392 g/mol. The molecule has 0 amide bonds. The van der Waals surface area contributed by atoms with Crippen molar-refractivity contribution in [2.24, 2.45) is 0 Å². The lowest BCUT2D eigenvalue weighted by molar-refractivity contribution is 0.415. The Kier molecular flexibility index (Phi) is 4.48. The van der Waals surface area contributed by atoms with Gasteiger partial charge in [-0.15, -0.1) is 0 Å². The molecule has 0 aliphatic heterocycles. The molecule has 26 heavy (non-hydrogen) atoms. The SMILES string of the molecule is COc1ccc2c(c1)c([Si](C)(C)C)c(F)n2S(=O)(=O)c1ccc(C)cc1. The molecule has 0 atom stereocenters. The lowest BCUT2D eigenvalue weighted by atomic mass is 10.2. The Morgan fingerprint density at radius 2 is 1.65 bits per heavy atom. The van der Waals surface area contributed by atoms with Gasteiger partial charge in [0, 0.05) is 10.6 Å². The zero-order chi connectivity index (χ0) is 19.3. The summed E-state index contributed by atoms with van der Waals surface area (Å²) in [7, 11) is -4.68. The predicted octanol–water partition coefficient (Wildman–Crippen LogP) is 3.88. The second kappa shape index (κ2) is 6.24. The van der Waals surface area contributed by atoms with E-state index in [4.69, 9.17) is 4.74 Å². The molecule has 3 aromatic rings. The normalized spacial score (nSPS) is 12.5. The largest absolute Gasteiger partial charge is 0.497 e.